The highest BCUT2D eigenvalue weighted by molar-refractivity contribution is 7.46. The Bertz CT molecular complexity index is 879. The summed E-state index contributed by atoms with van der Waals surface area (Å²) in [6, 6.07) is 0. The smallest absolute Gasteiger partial charge is 0.462 e. The second-order valence-corrected chi connectivity index (χ2v) is 14.1. The van der Waals surface area contributed by atoms with Crippen molar-refractivity contribution in [1.82, 2.24) is 0 Å². The van der Waals surface area contributed by atoms with Gasteiger partial charge in [0.25, 0.3) is 0 Å². The van der Waals surface area contributed by atoms with Gasteiger partial charge in [-0.15, -0.1) is 0 Å². The summed E-state index contributed by atoms with van der Waals surface area (Å²) in [4.78, 5) is 42.7. The van der Waals surface area contributed by atoms with E-state index in [0.717, 1.165) is 70.6 Å². The molecule has 1 atom stereocenters. The minimum atomic E-state index is -4.75. The van der Waals surface area contributed by atoms with E-state index in [4.69, 9.17) is 19.3 Å². The van der Waals surface area contributed by atoms with Crippen LogP contribution in [0.3, 0.4) is 0 Å². The van der Waals surface area contributed by atoms with Gasteiger partial charge < -0.3 is 19.3 Å². The summed E-state index contributed by atoms with van der Waals surface area (Å²) in [6.07, 6.45) is 40.1. The molecule has 0 aromatic carbocycles. The highest BCUT2D eigenvalue weighted by atomic mass is 31.2. The van der Waals surface area contributed by atoms with E-state index < -0.39 is 32.5 Å². The second-order valence-electron chi connectivity index (χ2n) is 12.9. The summed E-state index contributed by atoms with van der Waals surface area (Å²) in [7, 11) is -4.75. The van der Waals surface area contributed by atoms with Crippen LogP contribution < -0.4 is 0 Å². The Morgan fingerprint density at radius 1 is 0.542 bits per heavy atom. The van der Waals surface area contributed by atoms with Crippen LogP contribution in [0.5, 0.6) is 0 Å². The van der Waals surface area contributed by atoms with Crippen molar-refractivity contribution in [3.8, 4) is 0 Å². The van der Waals surface area contributed by atoms with Gasteiger partial charge >= 0.3 is 19.8 Å². The van der Waals surface area contributed by atoms with Crippen LogP contribution in [0.1, 0.15) is 181 Å². The zero-order valence-corrected chi connectivity index (χ0v) is 31.5. The normalized spacial score (nSPS) is 12.8. The number of ether oxygens (including phenoxy) is 2. The van der Waals surface area contributed by atoms with Gasteiger partial charge in [0, 0.05) is 12.8 Å². The number of carbonyl (C=O) groups is 2. The average molecular weight is 699 g/mol. The minimum absolute atomic E-state index is 0.205. The number of phosphoric acid groups is 1. The van der Waals surface area contributed by atoms with Crippen molar-refractivity contribution in [2.45, 2.75) is 187 Å². The van der Waals surface area contributed by atoms with Gasteiger partial charge in [0.2, 0.25) is 0 Å². The molecular formula is C39H71O8P. The quantitative estimate of drug-likeness (QED) is 0.0290. The summed E-state index contributed by atoms with van der Waals surface area (Å²) in [5.74, 6) is -0.901. The molecule has 280 valence electrons. The number of carbonyl (C=O) groups excluding carboxylic acids is 2. The molecule has 2 N–H and O–H groups in total. The topological polar surface area (TPSA) is 119 Å². The lowest BCUT2D eigenvalue weighted by atomic mass is 10.1. The van der Waals surface area contributed by atoms with E-state index >= 15 is 0 Å². The predicted octanol–water partition coefficient (Wildman–Crippen LogP) is 11.4. The van der Waals surface area contributed by atoms with E-state index in [1.807, 2.05) is 0 Å². The van der Waals surface area contributed by atoms with Crippen LogP contribution in [0.15, 0.2) is 36.5 Å². The van der Waals surface area contributed by atoms with Crippen molar-refractivity contribution in [2.24, 2.45) is 0 Å². The Morgan fingerprint density at radius 3 is 1.46 bits per heavy atom. The fourth-order valence-corrected chi connectivity index (χ4v) is 5.57. The molecule has 0 fully saturated rings. The Kier molecular flexibility index (Phi) is 33.8. The van der Waals surface area contributed by atoms with Gasteiger partial charge in [0.05, 0.1) is 6.61 Å². The fourth-order valence-electron chi connectivity index (χ4n) is 5.21. The van der Waals surface area contributed by atoms with E-state index in [1.54, 1.807) is 0 Å². The van der Waals surface area contributed by atoms with Crippen molar-refractivity contribution >= 4 is 19.8 Å². The lowest BCUT2D eigenvalue weighted by Crippen LogP contribution is -2.29. The molecule has 0 aliphatic rings. The molecule has 0 spiro atoms. The maximum Gasteiger partial charge on any atom is 0.469 e. The molecule has 0 rings (SSSR count). The summed E-state index contributed by atoms with van der Waals surface area (Å²) >= 11 is 0. The molecular weight excluding hydrogens is 627 g/mol. The lowest BCUT2D eigenvalue weighted by Gasteiger charge is -2.18. The van der Waals surface area contributed by atoms with Crippen molar-refractivity contribution in [3.63, 3.8) is 0 Å². The van der Waals surface area contributed by atoms with E-state index in [0.29, 0.717) is 12.8 Å². The molecule has 8 nitrogen and oxygen atoms in total. The average Bonchev–Trinajstić information content (AvgIpc) is 3.05. The molecule has 0 aliphatic heterocycles. The number of allylic oxidation sites excluding steroid dienone is 6. The molecule has 0 unspecified atom stereocenters. The SMILES string of the molecule is CCCC/C=C/CCCCCCCC(=O)OC[C@H](COP(=O)(O)O)OC(=O)CCCCCCCCCCC/C=C/C/C=C/CCCCC. The number of hydrogen-bond acceptors (Lipinski definition) is 6. The number of phosphoric ester groups is 1. The van der Waals surface area contributed by atoms with Crippen LogP contribution in [0.4, 0.5) is 0 Å². The maximum absolute atomic E-state index is 12.4. The van der Waals surface area contributed by atoms with Crippen LogP contribution in [-0.4, -0.2) is 41.0 Å². The first kappa shape index (κ1) is 46.3. The monoisotopic (exact) mass is 698 g/mol. The highest BCUT2D eigenvalue weighted by Gasteiger charge is 2.22. The molecule has 0 aromatic rings. The number of unbranched alkanes of at least 4 members (excludes halogenated alkanes) is 19. The summed E-state index contributed by atoms with van der Waals surface area (Å²) < 4.78 is 26.3. The van der Waals surface area contributed by atoms with Gasteiger partial charge in [-0.3, -0.25) is 14.1 Å². The first-order valence-corrected chi connectivity index (χ1v) is 20.8. The molecule has 0 aliphatic carbocycles. The van der Waals surface area contributed by atoms with Gasteiger partial charge in [0.1, 0.15) is 6.61 Å². The fraction of sp³-hybridized carbons (Fsp3) is 0.795. The molecule has 0 radical (unpaired) electrons. The molecule has 0 saturated heterocycles. The highest BCUT2D eigenvalue weighted by Crippen LogP contribution is 2.36. The van der Waals surface area contributed by atoms with Crippen LogP contribution in [0.25, 0.3) is 0 Å². The molecule has 0 bridgehead atoms. The number of rotatable bonds is 35. The molecule has 0 saturated carbocycles. The minimum Gasteiger partial charge on any atom is -0.462 e. The van der Waals surface area contributed by atoms with Gasteiger partial charge in [-0.25, -0.2) is 4.57 Å². The van der Waals surface area contributed by atoms with E-state index in [9.17, 15) is 14.2 Å². The second kappa shape index (κ2) is 35.1. The van der Waals surface area contributed by atoms with Crippen LogP contribution in [-0.2, 0) is 28.2 Å². The molecule has 9 heteroatoms. The van der Waals surface area contributed by atoms with Crippen LogP contribution >= 0.6 is 7.82 Å². The standard InChI is InChI=1S/C39H71O8P/c1-3-5-7-9-11-13-15-16-17-18-19-20-21-22-24-26-28-30-32-34-39(41)47-37(36-46-48(42,43)44)35-45-38(40)33-31-29-27-25-23-14-12-10-8-6-4-2/h10-13,16-17,37H,3-9,14-15,18-36H2,1-2H3,(H2,42,43,44)/b12-10+,13-11+,17-16+/t37-/m1/s1. The largest absolute Gasteiger partial charge is 0.469 e. The van der Waals surface area contributed by atoms with E-state index in [1.165, 1.54) is 70.6 Å². The van der Waals surface area contributed by atoms with Gasteiger partial charge in [-0.05, 0) is 64.2 Å². The Labute approximate surface area is 293 Å². The van der Waals surface area contributed by atoms with Crippen molar-refractivity contribution in [3.05, 3.63) is 36.5 Å². The van der Waals surface area contributed by atoms with Gasteiger partial charge in [-0.1, -0.05) is 140 Å². The Morgan fingerprint density at radius 2 is 0.958 bits per heavy atom. The van der Waals surface area contributed by atoms with Crippen molar-refractivity contribution in [2.75, 3.05) is 13.2 Å². The van der Waals surface area contributed by atoms with E-state index in [-0.39, 0.29) is 19.4 Å². The maximum atomic E-state index is 12.4. The lowest BCUT2D eigenvalue weighted by molar-refractivity contribution is -0.161. The third-order valence-corrected chi connectivity index (χ3v) is 8.62. The molecule has 0 heterocycles. The summed E-state index contributed by atoms with van der Waals surface area (Å²) in [5.41, 5.74) is 0. The van der Waals surface area contributed by atoms with Crippen LogP contribution in [0.2, 0.25) is 0 Å². The third-order valence-electron chi connectivity index (χ3n) is 8.13. The Hall–Kier alpha value is -1.73. The van der Waals surface area contributed by atoms with Crippen molar-refractivity contribution in [1.29, 1.82) is 0 Å². The number of hydrogen-bond donors (Lipinski definition) is 2. The summed E-state index contributed by atoms with van der Waals surface area (Å²) in [5, 5.41) is 0. The van der Waals surface area contributed by atoms with Gasteiger partial charge in [-0.2, -0.15) is 0 Å². The van der Waals surface area contributed by atoms with Crippen LogP contribution in [0, 0.1) is 0 Å². The van der Waals surface area contributed by atoms with Crippen molar-refractivity contribution < 1.29 is 37.9 Å². The molecule has 48 heavy (non-hydrogen) atoms. The zero-order valence-electron chi connectivity index (χ0n) is 30.6. The summed E-state index contributed by atoms with van der Waals surface area (Å²) in [6.45, 7) is 3.60. The number of esters is 2. The zero-order chi connectivity index (χ0) is 35.4. The third kappa shape index (κ3) is 37.1. The first-order valence-electron chi connectivity index (χ1n) is 19.3. The molecule has 0 aromatic heterocycles. The molecule has 0 amide bonds. The predicted molar refractivity (Wildman–Crippen MR) is 198 cm³/mol. The van der Waals surface area contributed by atoms with Gasteiger partial charge in [0.15, 0.2) is 6.10 Å². The first-order chi connectivity index (χ1) is 23.3. The Balaban J connectivity index is 3.94. The van der Waals surface area contributed by atoms with E-state index in [2.05, 4.69) is 54.8 Å².